The zero-order chi connectivity index (χ0) is 26.8. The van der Waals surface area contributed by atoms with E-state index in [9.17, 15) is 14.0 Å². The van der Waals surface area contributed by atoms with Crippen LogP contribution in [0.3, 0.4) is 0 Å². The Morgan fingerprint density at radius 3 is 2.37 bits per heavy atom. The summed E-state index contributed by atoms with van der Waals surface area (Å²) >= 11 is 0. The number of halogens is 1. The second kappa shape index (κ2) is 10.7. The summed E-state index contributed by atoms with van der Waals surface area (Å²) in [5.41, 5.74) is 6.71. The standard InChI is InChI=1S/C32H32FN3O2/c1-21-4-11-30(33)29(16-21)31(37)18-27-17-26(6-5-22(27)2)32(38)36-14-12-25(13-15-36)23-7-9-24(10-8-23)28-19-34-35(3)20-28/h4-11,16-17,19-20,25H,12-15,18H2,1-3H3. The van der Waals surface area contributed by atoms with E-state index in [4.69, 9.17) is 0 Å². The summed E-state index contributed by atoms with van der Waals surface area (Å²) in [4.78, 5) is 28.1. The number of aryl methyl sites for hydroxylation is 3. The van der Waals surface area contributed by atoms with Crippen molar-refractivity contribution in [3.8, 4) is 11.1 Å². The Kier molecular flexibility index (Phi) is 7.23. The van der Waals surface area contributed by atoms with E-state index in [1.165, 1.54) is 11.6 Å². The summed E-state index contributed by atoms with van der Waals surface area (Å²) in [6.07, 6.45) is 5.74. The van der Waals surface area contributed by atoms with Crippen molar-refractivity contribution >= 4 is 11.7 Å². The zero-order valence-corrected chi connectivity index (χ0v) is 22.1. The molecule has 5 nitrogen and oxygen atoms in total. The van der Waals surface area contributed by atoms with Crippen molar-refractivity contribution in [2.75, 3.05) is 13.1 Å². The van der Waals surface area contributed by atoms with Gasteiger partial charge in [0.1, 0.15) is 5.82 Å². The first-order valence-electron chi connectivity index (χ1n) is 13.1. The highest BCUT2D eigenvalue weighted by Gasteiger charge is 2.25. The minimum Gasteiger partial charge on any atom is -0.339 e. The Hall–Kier alpha value is -4.06. The second-order valence-electron chi connectivity index (χ2n) is 10.3. The molecule has 2 heterocycles. The van der Waals surface area contributed by atoms with Crippen molar-refractivity contribution in [3.05, 3.63) is 112 Å². The molecule has 1 aliphatic rings. The molecule has 0 bridgehead atoms. The largest absolute Gasteiger partial charge is 0.339 e. The number of aromatic nitrogens is 2. The van der Waals surface area contributed by atoms with E-state index in [1.54, 1.807) is 22.9 Å². The number of likely N-dealkylation sites (tertiary alicyclic amines) is 1. The summed E-state index contributed by atoms with van der Waals surface area (Å²) in [6, 6.07) is 18.7. The Labute approximate surface area is 222 Å². The van der Waals surface area contributed by atoms with Crippen LogP contribution < -0.4 is 0 Å². The first-order chi connectivity index (χ1) is 18.3. The van der Waals surface area contributed by atoms with E-state index in [1.807, 2.05) is 50.3 Å². The summed E-state index contributed by atoms with van der Waals surface area (Å²) in [5.74, 6) is -0.405. The molecular formula is C32H32FN3O2. The quantitative estimate of drug-likeness (QED) is 0.287. The smallest absolute Gasteiger partial charge is 0.253 e. The molecule has 0 N–H and O–H groups in total. The third kappa shape index (κ3) is 5.44. The lowest BCUT2D eigenvalue weighted by Crippen LogP contribution is -2.38. The summed E-state index contributed by atoms with van der Waals surface area (Å²) in [6.45, 7) is 5.12. The maximum atomic E-state index is 14.2. The molecule has 38 heavy (non-hydrogen) atoms. The number of carbonyl (C=O) groups is 2. The van der Waals surface area contributed by atoms with E-state index in [2.05, 4.69) is 29.4 Å². The fourth-order valence-electron chi connectivity index (χ4n) is 5.23. The van der Waals surface area contributed by atoms with Gasteiger partial charge in [-0.05, 0) is 79.1 Å². The SMILES string of the molecule is Cc1ccc(F)c(C(=O)Cc2cc(C(=O)N3CCC(c4ccc(-c5cnn(C)c5)cc4)CC3)ccc2C)c1. The molecule has 0 saturated carbocycles. The lowest BCUT2D eigenvalue weighted by molar-refractivity contribution is 0.0712. The van der Waals surface area contributed by atoms with Crippen LogP contribution in [0.4, 0.5) is 4.39 Å². The minimum absolute atomic E-state index is 0.0224. The average molecular weight is 510 g/mol. The molecule has 6 heteroatoms. The van der Waals surface area contributed by atoms with Gasteiger partial charge in [0.25, 0.3) is 5.91 Å². The molecule has 1 aromatic heterocycles. The van der Waals surface area contributed by atoms with E-state index >= 15 is 0 Å². The number of carbonyl (C=O) groups excluding carboxylic acids is 2. The molecule has 5 rings (SSSR count). The number of nitrogens with zero attached hydrogens (tertiary/aromatic N) is 3. The zero-order valence-electron chi connectivity index (χ0n) is 22.1. The van der Waals surface area contributed by atoms with Gasteiger partial charge in [0, 0.05) is 43.9 Å². The first-order valence-corrected chi connectivity index (χ1v) is 13.1. The molecule has 0 unspecified atom stereocenters. The number of amides is 1. The molecule has 0 aliphatic carbocycles. The number of benzene rings is 3. The molecule has 1 amide bonds. The normalized spacial score (nSPS) is 14.1. The lowest BCUT2D eigenvalue weighted by Gasteiger charge is -2.32. The number of ketones is 1. The minimum atomic E-state index is -0.514. The Morgan fingerprint density at radius 2 is 1.68 bits per heavy atom. The van der Waals surface area contributed by atoms with Crippen LogP contribution in [0.5, 0.6) is 0 Å². The van der Waals surface area contributed by atoms with E-state index in [0.717, 1.165) is 40.7 Å². The van der Waals surface area contributed by atoms with Crippen LogP contribution in [-0.4, -0.2) is 39.5 Å². The topological polar surface area (TPSA) is 55.2 Å². The number of Topliss-reactive ketones (excluding diaryl/α,β-unsaturated/α-hetero) is 1. The molecular weight excluding hydrogens is 477 g/mol. The third-order valence-electron chi connectivity index (χ3n) is 7.57. The van der Waals surface area contributed by atoms with Crippen molar-refractivity contribution in [2.45, 2.75) is 39.0 Å². The van der Waals surface area contributed by atoms with Crippen LogP contribution in [0.25, 0.3) is 11.1 Å². The molecule has 0 spiro atoms. The van der Waals surface area contributed by atoms with Crippen molar-refractivity contribution < 1.29 is 14.0 Å². The van der Waals surface area contributed by atoms with Gasteiger partial charge in [-0.25, -0.2) is 4.39 Å². The highest BCUT2D eigenvalue weighted by molar-refractivity contribution is 5.99. The van der Waals surface area contributed by atoms with E-state index in [-0.39, 0.29) is 23.7 Å². The highest BCUT2D eigenvalue weighted by Crippen LogP contribution is 2.30. The van der Waals surface area contributed by atoms with Gasteiger partial charge >= 0.3 is 0 Å². The third-order valence-corrected chi connectivity index (χ3v) is 7.57. The Balaban J connectivity index is 1.23. The maximum absolute atomic E-state index is 14.2. The second-order valence-corrected chi connectivity index (χ2v) is 10.3. The monoisotopic (exact) mass is 509 g/mol. The molecule has 4 aromatic rings. The molecule has 3 aromatic carbocycles. The summed E-state index contributed by atoms with van der Waals surface area (Å²) < 4.78 is 16.0. The van der Waals surface area contributed by atoms with Crippen LogP contribution in [0.1, 0.15) is 61.7 Å². The number of hydrogen-bond acceptors (Lipinski definition) is 3. The van der Waals surface area contributed by atoms with Crippen molar-refractivity contribution in [1.82, 2.24) is 14.7 Å². The summed E-state index contributed by atoms with van der Waals surface area (Å²) in [5, 5.41) is 4.25. The molecule has 1 aliphatic heterocycles. The number of piperidine rings is 1. The van der Waals surface area contributed by atoms with Crippen LogP contribution in [0.2, 0.25) is 0 Å². The van der Waals surface area contributed by atoms with Crippen molar-refractivity contribution in [2.24, 2.45) is 7.05 Å². The fraction of sp³-hybridized carbons (Fsp3) is 0.281. The Bertz CT molecular complexity index is 1480. The molecule has 1 fully saturated rings. The molecule has 1 saturated heterocycles. The molecule has 0 atom stereocenters. The van der Waals surface area contributed by atoms with E-state index < -0.39 is 5.82 Å². The van der Waals surface area contributed by atoms with Crippen LogP contribution in [0, 0.1) is 19.7 Å². The van der Waals surface area contributed by atoms with Crippen molar-refractivity contribution in [1.29, 1.82) is 0 Å². The molecule has 194 valence electrons. The van der Waals surface area contributed by atoms with Gasteiger partial charge in [0.05, 0.1) is 11.8 Å². The van der Waals surface area contributed by atoms with Crippen LogP contribution >= 0.6 is 0 Å². The average Bonchev–Trinajstić information content (AvgIpc) is 3.37. The summed E-state index contributed by atoms with van der Waals surface area (Å²) in [7, 11) is 1.91. The van der Waals surface area contributed by atoms with Gasteiger partial charge < -0.3 is 4.90 Å². The van der Waals surface area contributed by atoms with Gasteiger partial charge in [0.15, 0.2) is 5.78 Å². The predicted molar refractivity (Wildman–Crippen MR) is 147 cm³/mol. The predicted octanol–water partition coefficient (Wildman–Crippen LogP) is 6.29. The van der Waals surface area contributed by atoms with Gasteiger partial charge in [-0.1, -0.05) is 42.0 Å². The highest BCUT2D eigenvalue weighted by atomic mass is 19.1. The van der Waals surface area contributed by atoms with Gasteiger partial charge in [-0.2, -0.15) is 5.10 Å². The van der Waals surface area contributed by atoms with Crippen LogP contribution in [0.15, 0.2) is 73.1 Å². The van der Waals surface area contributed by atoms with Gasteiger partial charge in [-0.15, -0.1) is 0 Å². The number of rotatable bonds is 6. The number of hydrogen-bond donors (Lipinski definition) is 0. The Morgan fingerprint density at radius 1 is 0.947 bits per heavy atom. The first kappa shape index (κ1) is 25.6. The van der Waals surface area contributed by atoms with Crippen LogP contribution in [-0.2, 0) is 13.5 Å². The van der Waals surface area contributed by atoms with E-state index in [0.29, 0.717) is 24.6 Å². The lowest BCUT2D eigenvalue weighted by atomic mass is 9.88. The van der Waals surface area contributed by atoms with Crippen molar-refractivity contribution in [3.63, 3.8) is 0 Å². The molecule has 0 radical (unpaired) electrons. The fourth-order valence-corrected chi connectivity index (χ4v) is 5.23. The maximum Gasteiger partial charge on any atom is 0.253 e. The van der Waals surface area contributed by atoms with Gasteiger partial charge in [-0.3, -0.25) is 14.3 Å². The van der Waals surface area contributed by atoms with Gasteiger partial charge in [0.2, 0.25) is 0 Å².